The van der Waals surface area contributed by atoms with E-state index in [2.05, 4.69) is 191 Å². The second-order valence-electron chi connectivity index (χ2n) is 19.2. The number of benzene rings is 8. The van der Waals surface area contributed by atoms with Crippen LogP contribution in [0.1, 0.15) is 77.0 Å². The summed E-state index contributed by atoms with van der Waals surface area (Å²) in [5, 5.41) is 7.97. The molecule has 0 saturated heterocycles. The molecule has 5 nitrogen and oxygen atoms in total. The topological polar surface area (TPSA) is 57.0 Å². The first-order chi connectivity index (χ1) is 32.5. The smallest absolute Gasteiger partial charge is 0.159 e. The molecular weight excluding hydrogens is 1010 g/mol. The van der Waals surface area contributed by atoms with Crippen molar-refractivity contribution >= 4 is 65.5 Å². The van der Waals surface area contributed by atoms with Gasteiger partial charge in [-0.1, -0.05) is 132 Å². The van der Waals surface area contributed by atoms with Crippen LogP contribution >= 0.6 is 0 Å². The van der Waals surface area contributed by atoms with Gasteiger partial charge in [0.2, 0.25) is 0 Å². The summed E-state index contributed by atoms with van der Waals surface area (Å²) in [6.07, 6.45) is 3.64. The molecule has 0 unspecified atom stereocenters. The average molecular weight is 1060 g/mol. The zero-order valence-electron chi connectivity index (χ0n) is 39.3. The maximum atomic E-state index is 6.88. The van der Waals surface area contributed by atoms with Gasteiger partial charge in [0, 0.05) is 42.8 Å². The Labute approximate surface area is 410 Å². The normalized spacial score (nSPS) is 11.9. The number of furan rings is 2. The molecule has 0 atom stereocenters. The summed E-state index contributed by atoms with van der Waals surface area (Å²) >= 11 is 0. The fraction of sp³-hybridized carbons (Fsp3) is 0.161. The van der Waals surface area contributed by atoms with Crippen molar-refractivity contribution in [2.45, 2.75) is 65.7 Å². The van der Waals surface area contributed by atoms with Gasteiger partial charge in [-0.2, -0.15) is 0 Å². The van der Waals surface area contributed by atoms with Gasteiger partial charge in [0.25, 0.3) is 0 Å². The summed E-state index contributed by atoms with van der Waals surface area (Å²) in [5.41, 5.74) is 14.6. The maximum Gasteiger partial charge on any atom is 0.159 e. The molecule has 0 bridgehead atoms. The molecule has 68 heavy (non-hydrogen) atoms. The molecule has 4 aromatic heterocycles. The van der Waals surface area contributed by atoms with Crippen molar-refractivity contribution in [1.82, 2.24) is 14.5 Å². The number of fused-ring (bicyclic) bond motifs is 9. The van der Waals surface area contributed by atoms with E-state index in [1.54, 1.807) is 6.26 Å². The van der Waals surface area contributed by atoms with E-state index in [0.29, 0.717) is 0 Å². The second kappa shape index (κ2) is 17.8. The number of hydrogen-bond donors (Lipinski definition) is 0. The Bertz CT molecular complexity index is 3770. The van der Waals surface area contributed by atoms with Crippen LogP contribution in [0.3, 0.4) is 0 Å². The molecule has 337 valence electrons. The van der Waals surface area contributed by atoms with Gasteiger partial charge in [0.1, 0.15) is 11.1 Å². The molecular formula is C62H51IrN3O2-2. The molecule has 0 fully saturated rings. The molecule has 0 aliphatic rings. The van der Waals surface area contributed by atoms with Crippen molar-refractivity contribution in [1.29, 1.82) is 0 Å². The first-order valence-electron chi connectivity index (χ1n) is 23.3. The van der Waals surface area contributed by atoms with Crippen molar-refractivity contribution in [2.24, 2.45) is 0 Å². The van der Waals surface area contributed by atoms with E-state index in [9.17, 15) is 0 Å². The standard InChI is InChI=1S/C47H35N2O2.C15H16N.Ir/c1-27(2)37-24-33(29-11-6-5-7-12-29)25-38(28(3)4)43(37)49-44-41(20-19-31-21-22-50-45(31)44)48-47(49)36-16-10-15-35-40-23-32-18-17-30-13-8-9-14-34(30)39(32)26-42(40)51-46(35)36;1-15(2,3)13-9-10-16-14(11-13)12-7-5-4-6-8-12;/h5-15,17-28H,1-4H3;4-7,9-11H,1-3H3;/q2*-1;. The van der Waals surface area contributed by atoms with Crippen LogP contribution < -0.4 is 0 Å². The molecule has 1 radical (unpaired) electrons. The summed E-state index contributed by atoms with van der Waals surface area (Å²) in [5.74, 6) is 1.25. The third-order valence-corrected chi connectivity index (χ3v) is 13.1. The van der Waals surface area contributed by atoms with Gasteiger partial charge < -0.3 is 18.4 Å². The molecule has 0 aliphatic carbocycles. The number of imidazole rings is 1. The van der Waals surface area contributed by atoms with E-state index >= 15 is 0 Å². The van der Waals surface area contributed by atoms with E-state index in [4.69, 9.17) is 13.8 Å². The van der Waals surface area contributed by atoms with Crippen molar-refractivity contribution in [2.75, 3.05) is 0 Å². The third kappa shape index (κ3) is 7.92. The van der Waals surface area contributed by atoms with Gasteiger partial charge in [0.15, 0.2) is 5.58 Å². The second-order valence-corrected chi connectivity index (χ2v) is 19.2. The Balaban J connectivity index is 0.000000270. The number of aromatic nitrogens is 3. The molecule has 8 aromatic carbocycles. The van der Waals surface area contributed by atoms with Gasteiger partial charge in [-0.3, -0.25) is 4.98 Å². The molecule has 0 amide bonds. The predicted molar refractivity (Wildman–Crippen MR) is 278 cm³/mol. The fourth-order valence-electron chi connectivity index (χ4n) is 9.59. The zero-order valence-corrected chi connectivity index (χ0v) is 41.7. The van der Waals surface area contributed by atoms with Crippen LogP contribution in [0.4, 0.5) is 0 Å². The summed E-state index contributed by atoms with van der Waals surface area (Å²) in [7, 11) is 0. The van der Waals surface area contributed by atoms with Gasteiger partial charge in [-0.25, -0.2) is 0 Å². The van der Waals surface area contributed by atoms with Crippen molar-refractivity contribution in [3.63, 3.8) is 0 Å². The van der Waals surface area contributed by atoms with Gasteiger partial charge in [0.05, 0.1) is 23.2 Å². The van der Waals surface area contributed by atoms with Gasteiger partial charge in [-0.15, -0.1) is 54.1 Å². The Morgan fingerprint density at radius 2 is 1.32 bits per heavy atom. The summed E-state index contributed by atoms with van der Waals surface area (Å²) in [6.45, 7) is 15.7. The van der Waals surface area contributed by atoms with Crippen LogP contribution in [0.15, 0.2) is 179 Å². The average Bonchev–Trinajstić information content (AvgIpc) is 4.09. The van der Waals surface area contributed by atoms with Gasteiger partial charge in [-0.05, 0) is 121 Å². The molecule has 12 aromatic rings. The van der Waals surface area contributed by atoms with E-state index in [1.165, 1.54) is 49.4 Å². The summed E-state index contributed by atoms with van der Waals surface area (Å²) in [4.78, 5) is 9.79. The monoisotopic (exact) mass is 1060 g/mol. The SMILES string of the molecule is CC(C)(C)c1ccnc(-c2[c-]cccc2)c1.CC(C)c1cc(-c2ccccc2)cc(C(C)C)c1-n1c(-c2[c-]ccc3c2oc2cc4c(ccc5ccccc54)cc23)nc2ccc3ccoc3c21.[Ir]. The predicted octanol–water partition coefficient (Wildman–Crippen LogP) is 17.2. The first-order valence-corrected chi connectivity index (χ1v) is 23.3. The van der Waals surface area contributed by atoms with Gasteiger partial charge >= 0.3 is 0 Å². The van der Waals surface area contributed by atoms with E-state index in [0.717, 1.165) is 72.3 Å². The minimum absolute atomic E-state index is 0. The summed E-state index contributed by atoms with van der Waals surface area (Å²) in [6, 6.07) is 62.1. The fourth-order valence-corrected chi connectivity index (χ4v) is 9.59. The van der Waals surface area contributed by atoms with Crippen LogP contribution in [0, 0.1) is 12.1 Å². The minimum Gasteiger partial charge on any atom is -0.501 e. The molecule has 6 heteroatoms. The Morgan fingerprint density at radius 1 is 0.588 bits per heavy atom. The van der Waals surface area contributed by atoms with Crippen LogP contribution in [0.25, 0.3) is 105 Å². The Morgan fingerprint density at radius 3 is 2.07 bits per heavy atom. The Kier molecular flexibility index (Phi) is 11.7. The van der Waals surface area contributed by atoms with Crippen LogP contribution in [0.5, 0.6) is 0 Å². The largest absolute Gasteiger partial charge is 0.501 e. The van der Waals surface area contributed by atoms with Crippen LogP contribution in [0.2, 0.25) is 0 Å². The number of pyridine rings is 1. The molecule has 12 rings (SSSR count). The molecule has 0 N–H and O–H groups in total. The van der Waals surface area contributed by atoms with Crippen molar-refractivity contribution in [3.05, 3.63) is 199 Å². The summed E-state index contributed by atoms with van der Waals surface area (Å²) < 4.78 is 15.5. The first kappa shape index (κ1) is 44.7. The van der Waals surface area contributed by atoms with E-state index in [-0.39, 0.29) is 37.4 Å². The molecule has 4 heterocycles. The van der Waals surface area contributed by atoms with E-state index < -0.39 is 0 Å². The maximum absolute atomic E-state index is 6.88. The van der Waals surface area contributed by atoms with Crippen molar-refractivity contribution in [3.8, 4) is 39.5 Å². The molecule has 0 saturated carbocycles. The van der Waals surface area contributed by atoms with Crippen LogP contribution in [-0.4, -0.2) is 14.5 Å². The zero-order chi connectivity index (χ0) is 46.0. The van der Waals surface area contributed by atoms with E-state index in [1.807, 2.05) is 42.6 Å². The quantitative estimate of drug-likeness (QED) is 0.123. The molecule has 0 aliphatic heterocycles. The minimum atomic E-state index is 0. The Hall–Kier alpha value is -7.11. The molecule has 0 spiro atoms. The van der Waals surface area contributed by atoms with Crippen molar-refractivity contribution < 1.29 is 28.9 Å². The third-order valence-electron chi connectivity index (χ3n) is 13.1. The van der Waals surface area contributed by atoms with Crippen LogP contribution in [-0.2, 0) is 25.5 Å². The number of rotatable bonds is 6. The number of nitrogens with zero attached hydrogens (tertiary/aromatic N) is 3. The number of hydrogen-bond acceptors (Lipinski definition) is 4.